The molecule has 0 saturated carbocycles. The van der Waals surface area contributed by atoms with Crippen LogP contribution in [0, 0.1) is 18.7 Å². The van der Waals surface area contributed by atoms with E-state index in [1.54, 1.807) is 6.07 Å². The maximum absolute atomic E-state index is 12.9. The number of aliphatic carboxylic acids is 1. The van der Waals surface area contributed by atoms with Crippen LogP contribution in [0.15, 0.2) is 18.2 Å². The Labute approximate surface area is 99.7 Å². The van der Waals surface area contributed by atoms with Gasteiger partial charge in [-0.15, -0.1) is 0 Å². The molecule has 0 spiro atoms. The Morgan fingerprint density at radius 2 is 2.35 bits per heavy atom. The maximum atomic E-state index is 12.9. The van der Waals surface area contributed by atoms with Crippen molar-refractivity contribution in [1.29, 1.82) is 0 Å². The Morgan fingerprint density at radius 1 is 1.59 bits per heavy atom. The van der Waals surface area contributed by atoms with Crippen LogP contribution in [0.5, 0.6) is 0 Å². The first-order valence-corrected chi connectivity index (χ1v) is 5.77. The van der Waals surface area contributed by atoms with E-state index >= 15 is 0 Å². The van der Waals surface area contributed by atoms with Gasteiger partial charge in [-0.2, -0.15) is 0 Å². The largest absolute Gasteiger partial charge is 0.480 e. The third-order valence-electron chi connectivity index (χ3n) is 3.33. The number of halogens is 1. The molecule has 2 N–H and O–H groups in total. The number of rotatable bonds is 3. The molecule has 0 aromatic heterocycles. The van der Waals surface area contributed by atoms with E-state index in [-0.39, 0.29) is 5.82 Å². The molecule has 2 rings (SSSR count). The van der Waals surface area contributed by atoms with Gasteiger partial charge >= 0.3 is 5.97 Å². The highest BCUT2D eigenvalue weighted by Crippen LogP contribution is 2.21. The molecule has 17 heavy (non-hydrogen) atoms. The van der Waals surface area contributed by atoms with Crippen LogP contribution >= 0.6 is 0 Å². The van der Waals surface area contributed by atoms with E-state index in [4.69, 9.17) is 5.11 Å². The molecule has 0 aliphatic carbocycles. The number of carbonyl (C=O) groups is 1. The average Bonchev–Trinajstić information content (AvgIpc) is 2.71. The van der Waals surface area contributed by atoms with E-state index < -0.39 is 12.0 Å². The third kappa shape index (κ3) is 2.82. The fraction of sp³-hybridized carbons (Fsp3) is 0.462. The third-order valence-corrected chi connectivity index (χ3v) is 3.33. The Bertz CT molecular complexity index is 433. The zero-order valence-electron chi connectivity index (χ0n) is 9.74. The Balaban J connectivity index is 2.00. The first kappa shape index (κ1) is 12.0. The molecule has 0 radical (unpaired) electrons. The van der Waals surface area contributed by atoms with Gasteiger partial charge in [-0.25, -0.2) is 4.39 Å². The van der Waals surface area contributed by atoms with Crippen molar-refractivity contribution in [2.45, 2.75) is 25.8 Å². The van der Waals surface area contributed by atoms with Crippen molar-refractivity contribution in [3.8, 4) is 0 Å². The van der Waals surface area contributed by atoms with Gasteiger partial charge < -0.3 is 10.4 Å². The van der Waals surface area contributed by atoms with Crippen molar-refractivity contribution in [2.24, 2.45) is 5.92 Å². The summed E-state index contributed by atoms with van der Waals surface area (Å²) >= 11 is 0. The lowest BCUT2D eigenvalue weighted by atomic mass is 9.94. The molecule has 1 fully saturated rings. The monoisotopic (exact) mass is 237 g/mol. The highest BCUT2D eigenvalue weighted by molar-refractivity contribution is 5.73. The van der Waals surface area contributed by atoms with E-state index in [0.717, 1.165) is 17.5 Å². The molecule has 0 amide bonds. The second kappa shape index (κ2) is 4.84. The summed E-state index contributed by atoms with van der Waals surface area (Å²) in [6.07, 6.45) is 1.45. The number of aryl methyl sites for hydroxylation is 1. The van der Waals surface area contributed by atoms with Crippen LogP contribution in [0.4, 0.5) is 4.39 Å². The van der Waals surface area contributed by atoms with Crippen LogP contribution < -0.4 is 5.32 Å². The molecular weight excluding hydrogens is 221 g/mol. The number of carboxylic acids is 1. The van der Waals surface area contributed by atoms with E-state index in [2.05, 4.69) is 5.32 Å². The summed E-state index contributed by atoms with van der Waals surface area (Å²) in [5, 5.41) is 11.9. The van der Waals surface area contributed by atoms with Gasteiger partial charge in [-0.1, -0.05) is 6.07 Å². The fourth-order valence-electron chi connectivity index (χ4n) is 2.35. The molecule has 3 nitrogen and oxygen atoms in total. The van der Waals surface area contributed by atoms with E-state index in [1.165, 1.54) is 12.1 Å². The predicted molar refractivity (Wildman–Crippen MR) is 62.4 cm³/mol. The minimum Gasteiger partial charge on any atom is -0.480 e. The molecule has 1 aromatic rings. The molecule has 0 bridgehead atoms. The van der Waals surface area contributed by atoms with E-state index in [0.29, 0.717) is 18.9 Å². The van der Waals surface area contributed by atoms with Crippen LogP contribution in [-0.4, -0.2) is 23.7 Å². The van der Waals surface area contributed by atoms with Gasteiger partial charge in [0.25, 0.3) is 0 Å². The summed E-state index contributed by atoms with van der Waals surface area (Å²) < 4.78 is 12.9. The zero-order valence-corrected chi connectivity index (χ0v) is 9.74. The van der Waals surface area contributed by atoms with Crippen LogP contribution in [0.2, 0.25) is 0 Å². The lowest BCUT2D eigenvalue weighted by Crippen LogP contribution is -2.29. The SMILES string of the molecule is Cc1cc(F)ccc1C[C@H]1CN[C@H](C(=O)O)C1. The number of carboxylic acid groups (broad SMARTS) is 1. The van der Waals surface area contributed by atoms with Gasteiger partial charge in [0.2, 0.25) is 0 Å². The standard InChI is InChI=1S/C13H16FNO2/c1-8-4-11(14)3-2-10(8)5-9-6-12(13(16)17)15-7-9/h2-4,9,12,15H,5-7H2,1H3,(H,16,17)/t9-,12+/m1/s1. The Kier molecular flexibility index (Phi) is 3.43. The molecule has 1 heterocycles. The van der Waals surface area contributed by atoms with Crippen molar-refractivity contribution >= 4 is 5.97 Å². The lowest BCUT2D eigenvalue weighted by molar-refractivity contribution is -0.139. The number of hydrogen-bond donors (Lipinski definition) is 2. The summed E-state index contributed by atoms with van der Waals surface area (Å²) in [4.78, 5) is 10.8. The molecular formula is C13H16FNO2. The highest BCUT2D eigenvalue weighted by Gasteiger charge is 2.29. The average molecular weight is 237 g/mol. The second-order valence-corrected chi connectivity index (χ2v) is 4.68. The summed E-state index contributed by atoms with van der Waals surface area (Å²) in [7, 11) is 0. The fourth-order valence-corrected chi connectivity index (χ4v) is 2.35. The van der Waals surface area contributed by atoms with E-state index in [1.807, 2.05) is 6.92 Å². The zero-order chi connectivity index (χ0) is 12.4. The summed E-state index contributed by atoms with van der Waals surface area (Å²) in [6.45, 7) is 2.60. The topological polar surface area (TPSA) is 49.3 Å². The molecule has 4 heteroatoms. The first-order chi connectivity index (χ1) is 8.06. The molecule has 1 aromatic carbocycles. The van der Waals surface area contributed by atoms with Gasteiger partial charge in [0.05, 0.1) is 0 Å². The molecule has 92 valence electrons. The molecule has 1 saturated heterocycles. The van der Waals surface area contributed by atoms with Crippen molar-refractivity contribution in [2.75, 3.05) is 6.54 Å². The van der Waals surface area contributed by atoms with Crippen LogP contribution in [0.25, 0.3) is 0 Å². The lowest BCUT2D eigenvalue weighted by Gasteiger charge is -2.11. The summed E-state index contributed by atoms with van der Waals surface area (Å²) in [6, 6.07) is 4.34. The molecule has 1 aliphatic rings. The normalized spacial score (nSPS) is 23.9. The van der Waals surface area contributed by atoms with Crippen LogP contribution in [-0.2, 0) is 11.2 Å². The predicted octanol–water partition coefficient (Wildman–Crippen LogP) is 1.74. The van der Waals surface area contributed by atoms with Crippen molar-refractivity contribution in [3.05, 3.63) is 35.1 Å². The molecule has 0 unspecified atom stereocenters. The smallest absolute Gasteiger partial charge is 0.320 e. The highest BCUT2D eigenvalue weighted by atomic mass is 19.1. The Hall–Kier alpha value is -1.42. The van der Waals surface area contributed by atoms with Gasteiger partial charge in [0.1, 0.15) is 11.9 Å². The van der Waals surface area contributed by atoms with E-state index in [9.17, 15) is 9.18 Å². The minimum atomic E-state index is -0.789. The van der Waals surface area contributed by atoms with Gasteiger partial charge in [-0.05, 0) is 55.5 Å². The van der Waals surface area contributed by atoms with Gasteiger partial charge in [0.15, 0.2) is 0 Å². The minimum absolute atomic E-state index is 0.223. The van der Waals surface area contributed by atoms with Crippen molar-refractivity contribution < 1.29 is 14.3 Å². The quantitative estimate of drug-likeness (QED) is 0.842. The van der Waals surface area contributed by atoms with Crippen molar-refractivity contribution in [1.82, 2.24) is 5.32 Å². The molecule has 2 atom stereocenters. The number of hydrogen-bond acceptors (Lipinski definition) is 2. The number of nitrogens with one attached hydrogen (secondary N) is 1. The summed E-state index contributed by atoms with van der Waals surface area (Å²) in [5.74, 6) is -0.692. The Morgan fingerprint density at radius 3 is 2.94 bits per heavy atom. The van der Waals surface area contributed by atoms with Crippen LogP contribution in [0.3, 0.4) is 0 Å². The van der Waals surface area contributed by atoms with Gasteiger partial charge in [0, 0.05) is 0 Å². The van der Waals surface area contributed by atoms with Gasteiger partial charge in [-0.3, -0.25) is 4.79 Å². The first-order valence-electron chi connectivity index (χ1n) is 5.77. The molecule has 1 aliphatic heterocycles. The second-order valence-electron chi connectivity index (χ2n) is 4.68. The van der Waals surface area contributed by atoms with Crippen molar-refractivity contribution in [3.63, 3.8) is 0 Å². The number of benzene rings is 1. The summed E-state index contributed by atoms with van der Waals surface area (Å²) in [5.41, 5.74) is 2.04. The maximum Gasteiger partial charge on any atom is 0.320 e. The van der Waals surface area contributed by atoms with Crippen LogP contribution in [0.1, 0.15) is 17.5 Å².